The van der Waals surface area contributed by atoms with Gasteiger partial charge in [-0.05, 0) is 24.3 Å². The highest BCUT2D eigenvalue weighted by atomic mass is 32.1. The maximum Gasteiger partial charge on any atom is 0.223 e. The summed E-state index contributed by atoms with van der Waals surface area (Å²) in [7, 11) is 0. The lowest BCUT2D eigenvalue weighted by Crippen LogP contribution is -2.27. The third-order valence-corrected chi connectivity index (χ3v) is 5.25. The van der Waals surface area contributed by atoms with Crippen molar-refractivity contribution >= 4 is 33.5 Å². The Hall–Kier alpha value is -1.73. The quantitative estimate of drug-likeness (QED) is 0.786. The monoisotopic (exact) mass is 318 g/mol. The van der Waals surface area contributed by atoms with Crippen LogP contribution in [0.3, 0.4) is 0 Å². The number of thiazole rings is 1. The van der Waals surface area contributed by atoms with Crippen molar-refractivity contribution in [2.75, 3.05) is 6.54 Å². The second-order valence-corrected chi connectivity index (χ2v) is 6.93. The zero-order valence-electron chi connectivity index (χ0n) is 11.3. The molecule has 0 aliphatic heterocycles. The summed E-state index contributed by atoms with van der Waals surface area (Å²) in [4.78, 5) is 18.2. The van der Waals surface area contributed by atoms with Gasteiger partial charge in [-0.15, -0.1) is 27.8 Å². The Morgan fingerprint density at radius 2 is 2.33 bits per heavy atom. The van der Waals surface area contributed by atoms with Gasteiger partial charge in [0.25, 0.3) is 0 Å². The smallest absolute Gasteiger partial charge is 0.223 e. The molecule has 1 aliphatic carbocycles. The molecule has 3 heterocycles. The van der Waals surface area contributed by atoms with E-state index in [0.29, 0.717) is 6.54 Å². The van der Waals surface area contributed by atoms with E-state index in [1.165, 1.54) is 0 Å². The number of hydrogen-bond acceptors (Lipinski definition) is 5. The van der Waals surface area contributed by atoms with Crippen LogP contribution >= 0.6 is 22.7 Å². The first-order valence-electron chi connectivity index (χ1n) is 6.96. The van der Waals surface area contributed by atoms with Gasteiger partial charge < -0.3 is 5.32 Å². The number of rotatable bonds is 5. The minimum atomic E-state index is 0.194. The zero-order valence-corrected chi connectivity index (χ0v) is 12.9. The molecule has 0 saturated heterocycles. The van der Waals surface area contributed by atoms with Crippen molar-refractivity contribution in [3.63, 3.8) is 0 Å². The lowest BCUT2D eigenvalue weighted by Gasteiger charge is -2.02. The molecule has 0 aromatic carbocycles. The first-order chi connectivity index (χ1) is 10.3. The van der Waals surface area contributed by atoms with Crippen LogP contribution in [0.5, 0.6) is 0 Å². The van der Waals surface area contributed by atoms with E-state index in [9.17, 15) is 4.79 Å². The molecule has 0 atom stereocenters. The second-order valence-electron chi connectivity index (χ2n) is 5.15. The third kappa shape index (κ3) is 2.58. The van der Waals surface area contributed by atoms with Crippen molar-refractivity contribution in [2.45, 2.75) is 19.3 Å². The molecule has 0 bridgehead atoms. The fraction of sp³-hybridized carbons (Fsp3) is 0.357. The molecule has 1 amide bonds. The van der Waals surface area contributed by atoms with Gasteiger partial charge in [-0.2, -0.15) is 4.98 Å². The molecule has 3 aromatic rings. The number of aromatic nitrogens is 3. The zero-order chi connectivity index (χ0) is 14.2. The van der Waals surface area contributed by atoms with Crippen molar-refractivity contribution < 1.29 is 4.79 Å². The van der Waals surface area contributed by atoms with Gasteiger partial charge in [0, 0.05) is 24.3 Å². The number of nitrogens with zero attached hydrogens (tertiary/aromatic N) is 3. The van der Waals surface area contributed by atoms with E-state index in [4.69, 9.17) is 0 Å². The van der Waals surface area contributed by atoms with Crippen molar-refractivity contribution in [1.82, 2.24) is 19.9 Å². The van der Waals surface area contributed by atoms with Crippen molar-refractivity contribution in [3.05, 3.63) is 28.6 Å². The summed E-state index contributed by atoms with van der Waals surface area (Å²) in [5.41, 5.74) is 1.10. The number of carbonyl (C=O) groups excluding carboxylic acids is 1. The van der Waals surface area contributed by atoms with Crippen LogP contribution in [0.4, 0.5) is 0 Å². The topological polar surface area (TPSA) is 59.3 Å². The first kappa shape index (κ1) is 13.0. The molecule has 4 rings (SSSR count). The average Bonchev–Trinajstić information content (AvgIpc) is 2.88. The Morgan fingerprint density at radius 3 is 3.10 bits per heavy atom. The molecular formula is C14H14N4OS2. The van der Waals surface area contributed by atoms with Gasteiger partial charge in [0.2, 0.25) is 10.9 Å². The minimum absolute atomic E-state index is 0.194. The molecule has 21 heavy (non-hydrogen) atoms. The Morgan fingerprint density at radius 1 is 1.43 bits per heavy atom. The summed E-state index contributed by atoms with van der Waals surface area (Å²) in [5.74, 6) is 1.24. The van der Waals surface area contributed by atoms with Crippen LogP contribution < -0.4 is 5.32 Å². The SMILES string of the molecule is O=C(NCCc1csc2nc(-c3cccs3)nn12)C1CC1. The highest BCUT2D eigenvalue weighted by molar-refractivity contribution is 7.15. The summed E-state index contributed by atoms with van der Waals surface area (Å²) < 4.78 is 1.89. The van der Waals surface area contributed by atoms with Crippen LogP contribution in [-0.2, 0) is 11.2 Å². The second kappa shape index (κ2) is 5.23. The van der Waals surface area contributed by atoms with Crippen LogP contribution in [0.2, 0.25) is 0 Å². The summed E-state index contributed by atoms with van der Waals surface area (Å²) in [6.45, 7) is 0.662. The molecule has 0 spiro atoms. The predicted octanol–water partition coefficient (Wildman–Crippen LogP) is 2.59. The summed E-state index contributed by atoms with van der Waals surface area (Å²) in [6.07, 6.45) is 2.87. The maximum atomic E-state index is 11.6. The van der Waals surface area contributed by atoms with Crippen LogP contribution in [0, 0.1) is 5.92 Å². The standard InChI is InChI=1S/C14H14N4OS2/c19-13(9-3-4-9)15-6-5-10-8-21-14-16-12(17-18(10)14)11-2-1-7-20-11/h1-2,7-9H,3-6H2,(H,15,19). The maximum absolute atomic E-state index is 11.6. The van der Waals surface area contributed by atoms with Crippen LogP contribution in [-0.4, -0.2) is 27.0 Å². The molecule has 0 unspecified atom stereocenters. The van der Waals surface area contributed by atoms with E-state index < -0.39 is 0 Å². The van der Waals surface area contributed by atoms with Gasteiger partial charge >= 0.3 is 0 Å². The largest absolute Gasteiger partial charge is 0.355 e. The van der Waals surface area contributed by atoms with Crippen molar-refractivity contribution in [1.29, 1.82) is 0 Å². The van der Waals surface area contributed by atoms with Crippen LogP contribution in [0.1, 0.15) is 18.5 Å². The molecule has 108 valence electrons. The Labute approximate surface area is 129 Å². The molecule has 0 radical (unpaired) electrons. The average molecular weight is 318 g/mol. The Bertz CT molecular complexity index is 770. The molecule has 5 nitrogen and oxygen atoms in total. The highest BCUT2D eigenvalue weighted by Gasteiger charge is 2.29. The van der Waals surface area contributed by atoms with E-state index in [1.807, 2.05) is 22.0 Å². The normalized spacial score (nSPS) is 14.7. The summed E-state index contributed by atoms with van der Waals surface area (Å²) in [5, 5.41) is 11.7. The highest BCUT2D eigenvalue weighted by Crippen LogP contribution is 2.28. The van der Waals surface area contributed by atoms with E-state index in [0.717, 1.165) is 40.6 Å². The number of amides is 1. The van der Waals surface area contributed by atoms with Gasteiger partial charge in [0.15, 0.2) is 5.82 Å². The number of nitrogens with one attached hydrogen (secondary N) is 1. The lowest BCUT2D eigenvalue weighted by molar-refractivity contribution is -0.122. The van der Waals surface area contributed by atoms with Crippen LogP contribution in [0.25, 0.3) is 15.7 Å². The first-order valence-corrected chi connectivity index (χ1v) is 8.72. The van der Waals surface area contributed by atoms with E-state index in [1.54, 1.807) is 22.7 Å². The van der Waals surface area contributed by atoms with E-state index in [-0.39, 0.29) is 11.8 Å². The molecule has 7 heteroatoms. The van der Waals surface area contributed by atoms with Crippen LogP contribution in [0.15, 0.2) is 22.9 Å². The summed E-state index contributed by atoms with van der Waals surface area (Å²) >= 11 is 3.23. The fourth-order valence-electron chi connectivity index (χ4n) is 2.21. The number of hydrogen-bond donors (Lipinski definition) is 1. The lowest BCUT2D eigenvalue weighted by atomic mass is 10.3. The fourth-order valence-corrected chi connectivity index (χ4v) is 3.72. The van der Waals surface area contributed by atoms with Gasteiger partial charge in [0.1, 0.15) is 0 Å². The van der Waals surface area contributed by atoms with E-state index >= 15 is 0 Å². The molecule has 1 N–H and O–H groups in total. The molecule has 1 saturated carbocycles. The third-order valence-electron chi connectivity index (χ3n) is 3.52. The van der Waals surface area contributed by atoms with E-state index in [2.05, 4.69) is 20.8 Å². The van der Waals surface area contributed by atoms with Gasteiger partial charge in [-0.1, -0.05) is 6.07 Å². The Kier molecular flexibility index (Phi) is 3.23. The molecule has 1 fully saturated rings. The minimum Gasteiger partial charge on any atom is -0.355 e. The molecule has 3 aromatic heterocycles. The number of fused-ring (bicyclic) bond motifs is 1. The molecular weight excluding hydrogens is 304 g/mol. The van der Waals surface area contributed by atoms with Gasteiger partial charge in [-0.25, -0.2) is 4.52 Å². The van der Waals surface area contributed by atoms with Gasteiger partial charge in [-0.3, -0.25) is 4.79 Å². The number of thiophene rings is 1. The van der Waals surface area contributed by atoms with Gasteiger partial charge in [0.05, 0.1) is 10.6 Å². The number of carbonyl (C=O) groups is 1. The Balaban J connectivity index is 1.48. The predicted molar refractivity (Wildman–Crippen MR) is 83.6 cm³/mol. The van der Waals surface area contributed by atoms with Crippen molar-refractivity contribution in [2.24, 2.45) is 5.92 Å². The van der Waals surface area contributed by atoms with Crippen molar-refractivity contribution in [3.8, 4) is 10.7 Å². The summed E-state index contributed by atoms with van der Waals surface area (Å²) in [6, 6.07) is 4.03. The molecule has 1 aliphatic rings.